The first-order chi connectivity index (χ1) is 49.0. The number of carbonyl (C=O) groups is 1. The first-order valence-corrected chi connectivity index (χ1v) is 42.1. The predicted octanol–water partition coefficient (Wildman–Crippen LogP) is 16.3. The zero-order valence-corrected chi connectivity index (χ0v) is 68.7. The Morgan fingerprint density at radius 3 is 1.63 bits per heavy atom. The van der Waals surface area contributed by atoms with Crippen LogP contribution in [0.1, 0.15) is 230 Å². The van der Waals surface area contributed by atoms with E-state index in [4.69, 9.17) is 9.47 Å². The number of halogens is 2. The van der Waals surface area contributed by atoms with Gasteiger partial charge in [-0.15, -0.1) is 0 Å². The number of pyridine rings is 1. The molecule has 0 unspecified atom stereocenters. The van der Waals surface area contributed by atoms with Gasteiger partial charge in [0, 0.05) is 113 Å². The average molecular weight is 1520 g/mol. The molecule has 0 atom stereocenters. The maximum Gasteiger partial charge on any atom is 0.316 e. The second kappa shape index (κ2) is 46.0. The van der Waals surface area contributed by atoms with Crippen LogP contribution in [0.25, 0.3) is 11.1 Å². The van der Waals surface area contributed by atoms with Crippen LogP contribution in [0.5, 0.6) is 6.01 Å². The van der Waals surface area contributed by atoms with Gasteiger partial charge in [0.25, 0.3) is 5.92 Å². The highest BCUT2D eigenvalue weighted by Gasteiger charge is 2.35. The fourth-order valence-electron chi connectivity index (χ4n) is 9.45. The van der Waals surface area contributed by atoms with Crippen molar-refractivity contribution in [2.24, 2.45) is 45.8 Å². The van der Waals surface area contributed by atoms with E-state index in [0.29, 0.717) is 89.4 Å². The number of hydrogen-bond acceptors (Lipinski definition) is 19. The van der Waals surface area contributed by atoms with Crippen molar-refractivity contribution in [3.63, 3.8) is 0 Å². The summed E-state index contributed by atoms with van der Waals surface area (Å²) in [5, 5.41) is -0.0790. The van der Waals surface area contributed by atoms with Gasteiger partial charge in [0.05, 0.1) is 41.5 Å². The molecule has 6 heterocycles. The second-order valence-electron chi connectivity index (χ2n) is 32.4. The van der Waals surface area contributed by atoms with Crippen molar-refractivity contribution in [2.45, 2.75) is 231 Å². The molecule has 105 heavy (non-hydrogen) atoms. The number of Topliss-reactive ketones (excluding diaryl/α,β-unsaturated/α-hetero) is 1. The minimum atomic E-state index is -3.31. The number of nitrogens with one attached hydrogen (secondary N) is 2. The molecule has 1 saturated heterocycles. The molecule has 0 radical (unpaired) electrons. The summed E-state index contributed by atoms with van der Waals surface area (Å²) in [5.74, 6) is 3.85. The molecule has 0 bridgehead atoms. The van der Waals surface area contributed by atoms with E-state index < -0.39 is 35.8 Å². The Bertz CT molecular complexity index is 3700. The SMILES string of the molecule is CC(C)(C)CCCC(=O)c1ncccn1.CC(C)(C)CCOc1ncccn1.CC(C)(C)Cc1ncc(-c2ccc(C(C)(F)F)nc2)cn1.CC(C)CCCS(=O)(=O)CC1CC1.CC(C)CCNS(=O)(=O)C1CC1.CC(C)CCNS(=O)(=O)c1ccccc1.CC(C)Cc1nccc(N2CCOCC2)n1. The quantitative estimate of drug-likeness (QED) is 0.0413. The standard InChI is InChI=1S/C16H19F2N3.C12H19N3O.C12H18N2O.C11H17NO2S.C10H16N2O.C10H20O2S.C8H17NO2S/c1-15(2,3)7-14-20-9-12(10-21-14)11-5-6-13(19-8-11)16(4,17)18;1-10(2)9-11-13-4-3-12(14-11)15-5-7-16-8-6-15;1-12(2,3)7-4-6-10(15)11-13-8-5-9-14-11;1-10(2)8-9-12-15(13,14)11-6-4-3-5-7-11;1-10(2,3)5-8-13-9-11-6-4-7-12-9;1-9(2)4-3-7-13(11,12)8-10-5-6-10;1-7(2)5-6-9-12(10,11)8-3-4-8/h5-6,8-10H,7H2,1-4H3;3-4,10H,5-9H2,1-2H3;5,8-9H,4,6-7H2,1-3H3;3-7,10,12H,8-9H2,1-2H3;4,6-7H,5,8H2,1-3H3;9-10H,3-8H2,1-2H3;7-9H,3-6H2,1-2H3. The number of morpholine rings is 1. The molecule has 1 aliphatic heterocycles. The van der Waals surface area contributed by atoms with Gasteiger partial charge in [-0.1, -0.05) is 148 Å². The van der Waals surface area contributed by atoms with Gasteiger partial charge in [0.1, 0.15) is 23.2 Å². The normalized spacial score (nSPS) is 14.2. The van der Waals surface area contributed by atoms with E-state index in [-0.39, 0.29) is 27.6 Å². The van der Waals surface area contributed by atoms with E-state index in [9.17, 15) is 38.8 Å². The lowest BCUT2D eigenvalue weighted by Gasteiger charge is -2.27. The number of ketones is 1. The first-order valence-electron chi connectivity index (χ1n) is 37.2. The van der Waals surface area contributed by atoms with E-state index in [1.165, 1.54) is 12.3 Å². The van der Waals surface area contributed by atoms with Crippen LogP contribution in [0.2, 0.25) is 0 Å². The number of rotatable bonds is 29. The summed E-state index contributed by atoms with van der Waals surface area (Å²) in [4.78, 5) is 51.3. The van der Waals surface area contributed by atoms with E-state index in [1.807, 2.05) is 12.3 Å². The molecule has 0 amide bonds. The minimum Gasteiger partial charge on any atom is -0.463 e. The van der Waals surface area contributed by atoms with Crippen LogP contribution >= 0.6 is 0 Å². The summed E-state index contributed by atoms with van der Waals surface area (Å²) < 4.78 is 111. The third-order valence-electron chi connectivity index (χ3n) is 15.8. The van der Waals surface area contributed by atoms with Crippen LogP contribution in [0.15, 0.2) is 115 Å². The highest BCUT2D eigenvalue weighted by atomic mass is 32.2. The molecular weight excluding hydrogens is 1400 g/mol. The molecule has 9 rings (SSSR count). The minimum absolute atomic E-state index is 0.0415. The molecule has 3 aliphatic rings. The largest absolute Gasteiger partial charge is 0.463 e. The second-order valence-corrected chi connectivity index (χ2v) is 38.4. The smallest absolute Gasteiger partial charge is 0.316 e. The topological polar surface area (TPSA) is 281 Å². The van der Waals surface area contributed by atoms with Crippen LogP contribution in [0.3, 0.4) is 0 Å². The van der Waals surface area contributed by atoms with Gasteiger partial charge >= 0.3 is 6.01 Å². The highest BCUT2D eigenvalue weighted by molar-refractivity contribution is 7.91. The summed E-state index contributed by atoms with van der Waals surface area (Å²) >= 11 is 0. The summed E-state index contributed by atoms with van der Waals surface area (Å²) in [6.45, 7) is 42.4. The molecule has 3 fully saturated rings. The molecule has 0 spiro atoms. The lowest BCUT2D eigenvalue weighted by molar-refractivity contribution is 0.0128. The van der Waals surface area contributed by atoms with Crippen molar-refractivity contribution in [3.05, 3.63) is 133 Å². The van der Waals surface area contributed by atoms with Gasteiger partial charge in [-0.05, 0) is 146 Å². The number of sulfone groups is 1. The number of nitrogens with zero attached hydrogens (tertiary/aromatic N) is 10. The van der Waals surface area contributed by atoms with Gasteiger partial charge in [-0.3, -0.25) is 9.78 Å². The molecule has 2 aliphatic carbocycles. The monoisotopic (exact) mass is 1520 g/mol. The maximum absolute atomic E-state index is 13.1. The summed E-state index contributed by atoms with van der Waals surface area (Å²) in [6.07, 6.45) is 26.1. The Balaban J connectivity index is 0.000000320. The molecule has 588 valence electrons. The van der Waals surface area contributed by atoms with E-state index in [0.717, 1.165) is 145 Å². The zero-order chi connectivity index (χ0) is 78.5. The summed E-state index contributed by atoms with van der Waals surface area (Å²) in [5.41, 5.74) is 1.97. The lowest BCUT2D eigenvalue weighted by Crippen LogP contribution is -2.36. The number of carbonyl (C=O) groups excluding carboxylic acids is 1. The molecular formula is C79H126F2N12O9S3. The number of ether oxygens (including phenoxy) is 2. The first kappa shape index (κ1) is 92.8. The molecule has 2 saturated carbocycles. The number of aromatic nitrogens is 9. The molecule has 1 aromatic carbocycles. The van der Waals surface area contributed by atoms with Crippen LogP contribution < -0.4 is 19.1 Å². The van der Waals surface area contributed by atoms with E-state index in [2.05, 4.69) is 177 Å². The Hall–Kier alpha value is -6.45. The van der Waals surface area contributed by atoms with Crippen molar-refractivity contribution in [1.29, 1.82) is 0 Å². The Morgan fingerprint density at radius 1 is 0.581 bits per heavy atom. The summed E-state index contributed by atoms with van der Waals surface area (Å²) in [7, 11) is -8.95. The third-order valence-corrected chi connectivity index (χ3v) is 21.1. The highest BCUT2D eigenvalue weighted by Crippen LogP contribution is 2.32. The molecule has 26 heteroatoms. The Morgan fingerprint density at radius 2 is 1.13 bits per heavy atom. The van der Waals surface area contributed by atoms with Crippen LogP contribution in [0, 0.1) is 45.8 Å². The number of sulfonamides is 2. The zero-order valence-electron chi connectivity index (χ0n) is 66.2. The fourth-order valence-corrected chi connectivity index (χ4v) is 13.7. The van der Waals surface area contributed by atoms with Gasteiger partial charge in [-0.25, -0.2) is 74.6 Å². The lowest BCUT2D eigenvalue weighted by atomic mass is 9.89. The van der Waals surface area contributed by atoms with E-state index >= 15 is 0 Å². The summed E-state index contributed by atoms with van der Waals surface area (Å²) in [6, 6.07) is 17.3. The van der Waals surface area contributed by atoms with Crippen molar-refractivity contribution in [1.82, 2.24) is 54.3 Å². The molecule has 6 aromatic rings. The number of hydrogen-bond donors (Lipinski definition) is 2. The van der Waals surface area contributed by atoms with Gasteiger partial charge in [-0.2, -0.15) is 8.78 Å². The Kier molecular flexibility index (Phi) is 40.7. The third kappa shape index (κ3) is 45.1. The van der Waals surface area contributed by atoms with Crippen LogP contribution in [0.4, 0.5) is 14.6 Å². The fraction of sp³-hybridized carbons (Fsp3) is 0.646. The maximum atomic E-state index is 13.1. The number of anilines is 1. The average Bonchev–Trinajstić information content (AvgIpc) is 1.83. The molecule has 2 N–H and O–H groups in total. The molecule has 5 aromatic heterocycles. The van der Waals surface area contributed by atoms with Crippen molar-refractivity contribution in [3.8, 4) is 17.1 Å². The number of benzene rings is 1. The van der Waals surface area contributed by atoms with Gasteiger partial charge < -0.3 is 14.4 Å². The van der Waals surface area contributed by atoms with Crippen LogP contribution in [-0.4, -0.2) is 139 Å². The van der Waals surface area contributed by atoms with Crippen molar-refractivity contribution in [2.75, 3.05) is 62.4 Å². The molecule has 21 nitrogen and oxygen atoms in total. The number of alkyl halides is 2. The van der Waals surface area contributed by atoms with Gasteiger partial charge in [0.15, 0.2) is 21.4 Å². The van der Waals surface area contributed by atoms with Crippen molar-refractivity contribution >= 4 is 41.5 Å². The van der Waals surface area contributed by atoms with E-state index in [1.54, 1.807) is 85.7 Å². The van der Waals surface area contributed by atoms with Gasteiger partial charge in [0.2, 0.25) is 20.0 Å². The predicted molar refractivity (Wildman–Crippen MR) is 419 cm³/mol. The van der Waals surface area contributed by atoms with Crippen LogP contribution in [-0.2, 0) is 53.4 Å². The van der Waals surface area contributed by atoms with Crippen molar-refractivity contribution < 1.29 is 48.3 Å². The Labute approximate surface area is 629 Å².